The van der Waals surface area contributed by atoms with E-state index in [1.165, 1.54) is 44.5 Å². The lowest BCUT2D eigenvalue weighted by molar-refractivity contribution is 0.369. The van der Waals surface area contributed by atoms with Gasteiger partial charge in [0.1, 0.15) is 0 Å². The van der Waals surface area contributed by atoms with E-state index in [9.17, 15) is 0 Å². The van der Waals surface area contributed by atoms with Gasteiger partial charge in [-0.15, -0.1) is 0 Å². The first-order valence-electron chi connectivity index (χ1n) is 5.93. The Kier molecular flexibility index (Phi) is 4.14. The van der Waals surface area contributed by atoms with Crippen LogP contribution < -0.4 is 10.6 Å². The Morgan fingerprint density at radius 2 is 2.36 bits per heavy atom. The molecule has 2 saturated heterocycles. The molecule has 3 unspecified atom stereocenters. The molecule has 2 rings (SSSR count). The Labute approximate surface area is 91.6 Å². The van der Waals surface area contributed by atoms with E-state index in [0.717, 1.165) is 17.3 Å². The second-order valence-electron chi connectivity index (χ2n) is 4.63. The van der Waals surface area contributed by atoms with Crippen LogP contribution in [0, 0.1) is 0 Å². The van der Waals surface area contributed by atoms with E-state index in [1.807, 2.05) is 0 Å². The molecule has 0 aromatic carbocycles. The fourth-order valence-electron chi connectivity index (χ4n) is 2.37. The van der Waals surface area contributed by atoms with Gasteiger partial charge in [0, 0.05) is 29.6 Å². The molecule has 0 amide bonds. The van der Waals surface area contributed by atoms with E-state index in [-0.39, 0.29) is 0 Å². The molecule has 82 valence electrons. The molecule has 2 aliphatic rings. The van der Waals surface area contributed by atoms with E-state index in [1.54, 1.807) is 0 Å². The molecule has 0 radical (unpaired) electrons. The molecular formula is C11H22N2S. The fraction of sp³-hybridized carbons (Fsp3) is 1.00. The van der Waals surface area contributed by atoms with E-state index < -0.39 is 0 Å². The number of piperidine rings is 1. The lowest BCUT2D eigenvalue weighted by Crippen LogP contribution is -2.44. The third-order valence-electron chi connectivity index (χ3n) is 3.26. The minimum absolute atomic E-state index is 0.740. The number of thioether (sulfide) groups is 1. The van der Waals surface area contributed by atoms with Crippen molar-refractivity contribution in [2.24, 2.45) is 0 Å². The van der Waals surface area contributed by atoms with Gasteiger partial charge in [0.15, 0.2) is 0 Å². The first kappa shape index (κ1) is 10.8. The Morgan fingerprint density at radius 3 is 3.00 bits per heavy atom. The van der Waals surface area contributed by atoms with Gasteiger partial charge in [-0.2, -0.15) is 11.8 Å². The highest BCUT2D eigenvalue weighted by atomic mass is 32.2. The lowest BCUT2D eigenvalue weighted by atomic mass is 10.0. The molecule has 2 N–H and O–H groups in total. The summed E-state index contributed by atoms with van der Waals surface area (Å²) in [5, 5.41) is 8.15. The summed E-state index contributed by atoms with van der Waals surface area (Å²) in [6, 6.07) is 1.52. The van der Waals surface area contributed by atoms with Crippen molar-refractivity contribution in [3.05, 3.63) is 0 Å². The van der Waals surface area contributed by atoms with E-state index in [4.69, 9.17) is 0 Å². The number of rotatable bonds is 3. The number of hydrogen-bond donors (Lipinski definition) is 2. The van der Waals surface area contributed by atoms with Gasteiger partial charge >= 0.3 is 0 Å². The molecule has 0 saturated carbocycles. The zero-order valence-corrected chi connectivity index (χ0v) is 9.91. The molecule has 0 aliphatic carbocycles. The maximum Gasteiger partial charge on any atom is 0.0192 e. The maximum atomic E-state index is 3.70. The Balaban J connectivity index is 1.61. The van der Waals surface area contributed by atoms with Gasteiger partial charge in [-0.1, -0.05) is 13.3 Å². The van der Waals surface area contributed by atoms with Gasteiger partial charge in [-0.3, -0.25) is 0 Å². The van der Waals surface area contributed by atoms with Gasteiger partial charge in [-0.25, -0.2) is 0 Å². The van der Waals surface area contributed by atoms with Gasteiger partial charge in [0.2, 0.25) is 0 Å². The minimum Gasteiger partial charge on any atom is -0.313 e. The molecule has 2 nitrogen and oxygen atoms in total. The summed E-state index contributed by atoms with van der Waals surface area (Å²) in [5.74, 6) is 1.31. The summed E-state index contributed by atoms with van der Waals surface area (Å²) >= 11 is 2.11. The molecule has 2 heterocycles. The predicted molar refractivity (Wildman–Crippen MR) is 64.0 cm³/mol. The smallest absolute Gasteiger partial charge is 0.0192 e. The van der Waals surface area contributed by atoms with Crippen LogP contribution in [0.25, 0.3) is 0 Å². The second kappa shape index (κ2) is 5.38. The normalized spacial score (nSPS) is 38.8. The number of nitrogens with one attached hydrogen (secondary N) is 2. The molecule has 3 heteroatoms. The minimum atomic E-state index is 0.740. The highest BCUT2D eigenvalue weighted by molar-refractivity contribution is 8.00. The third kappa shape index (κ3) is 3.14. The van der Waals surface area contributed by atoms with Crippen LogP contribution in [0.1, 0.15) is 32.6 Å². The van der Waals surface area contributed by atoms with Crippen molar-refractivity contribution in [3.63, 3.8) is 0 Å². The van der Waals surface area contributed by atoms with Crippen molar-refractivity contribution in [1.82, 2.24) is 10.6 Å². The van der Waals surface area contributed by atoms with E-state index in [2.05, 4.69) is 29.3 Å². The Bertz CT molecular complexity index is 164. The molecule has 2 fully saturated rings. The van der Waals surface area contributed by atoms with Crippen LogP contribution in [0.2, 0.25) is 0 Å². The summed E-state index contributed by atoms with van der Waals surface area (Å²) in [7, 11) is 0. The van der Waals surface area contributed by atoms with Gasteiger partial charge < -0.3 is 10.6 Å². The topological polar surface area (TPSA) is 24.1 Å². The predicted octanol–water partition coefficient (Wildman–Crippen LogP) is 1.61. The van der Waals surface area contributed by atoms with Crippen LogP contribution >= 0.6 is 11.8 Å². The van der Waals surface area contributed by atoms with Crippen molar-refractivity contribution in [1.29, 1.82) is 0 Å². The molecule has 2 aliphatic heterocycles. The molecule has 14 heavy (non-hydrogen) atoms. The van der Waals surface area contributed by atoms with Crippen molar-refractivity contribution in [2.75, 3.05) is 18.8 Å². The Morgan fingerprint density at radius 1 is 1.43 bits per heavy atom. The molecule has 0 bridgehead atoms. The van der Waals surface area contributed by atoms with Gasteiger partial charge in [0.25, 0.3) is 0 Å². The van der Waals surface area contributed by atoms with Crippen LogP contribution in [0.3, 0.4) is 0 Å². The highest BCUT2D eigenvalue weighted by Gasteiger charge is 2.22. The average Bonchev–Trinajstić information content (AvgIpc) is 2.63. The zero-order chi connectivity index (χ0) is 9.80. The van der Waals surface area contributed by atoms with Crippen molar-refractivity contribution in [3.8, 4) is 0 Å². The average molecular weight is 214 g/mol. The molecular weight excluding hydrogens is 192 g/mol. The first-order chi connectivity index (χ1) is 6.84. The molecule has 3 atom stereocenters. The van der Waals surface area contributed by atoms with Crippen molar-refractivity contribution < 1.29 is 0 Å². The lowest BCUT2D eigenvalue weighted by Gasteiger charge is -2.25. The van der Waals surface area contributed by atoms with Crippen LogP contribution in [0.15, 0.2) is 0 Å². The zero-order valence-electron chi connectivity index (χ0n) is 9.09. The number of hydrogen-bond acceptors (Lipinski definition) is 3. The third-order valence-corrected chi connectivity index (χ3v) is 4.62. The summed E-state index contributed by atoms with van der Waals surface area (Å²) in [5.41, 5.74) is 0. The molecule has 0 aromatic rings. The summed E-state index contributed by atoms with van der Waals surface area (Å²) in [6.45, 7) is 4.74. The summed E-state index contributed by atoms with van der Waals surface area (Å²) in [4.78, 5) is 0. The van der Waals surface area contributed by atoms with Crippen LogP contribution in [-0.2, 0) is 0 Å². The SMILES string of the molecule is CC1CC(NCC2CCCCN2)CS1. The standard InChI is InChI=1S/C11H22N2S/c1-9-6-11(8-14-9)13-7-10-4-2-3-5-12-10/h9-13H,2-8H2,1H3. The van der Waals surface area contributed by atoms with E-state index >= 15 is 0 Å². The second-order valence-corrected chi connectivity index (χ2v) is 6.10. The molecule has 0 spiro atoms. The Hall–Kier alpha value is 0.270. The van der Waals surface area contributed by atoms with Crippen LogP contribution in [-0.4, -0.2) is 36.2 Å². The fourth-order valence-corrected chi connectivity index (χ4v) is 3.55. The van der Waals surface area contributed by atoms with Gasteiger partial charge in [0.05, 0.1) is 0 Å². The van der Waals surface area contributed by atoms with Crippen LogP contribution in [0.5, 0.6) is 0 Å². The first-order valence-corrected chi connectivity index (χ1v) is 6.98. The monoisotopic (exact) mass is 214 g/mol. The highest BCUT2D eigenvalue weighted by Crippen LogP contribution is 2.25. The quantitative estimate of drug-likeness (QED) is 0.746. The van der Waals surface area contributed by atoms with Crippen LogP contribution in [0.4, 0.5) is 0 Å². The van der Waals surface area contributed by atoms with E-state index in [0.29, 0.717) is 0 Å². The van der Waals surface area contributed by atoms with Crippen molar-refractivity contribution in [2.45, 2.75) is 49.9 Å². The summed E-state index contributed by atoms with van der Waals surface area (Å²) < 4.78 is 0. The largest absolute Gasteiger partial charge is 0.313 e. The summed E-state index contributed by atoms with van der Waals surface area (Å²) in [6.07, 6.45) is 5.50. The molecule has 0 aromatic heterocycles. The maximum absolute atomic E-state index is 3.70. The van der Waals surface area contributed by atoms with Gasteiger partial charge in [-0.05, 0) is 25.8 Å². The van der Waals surface area contributed by atoms with Crippen molar-refractivity contribution >= 4 is 11.8 Å².